The molecule has 6 rings (SSSR count). The van der Waals surface area contributed by atoms with Crippen molar-refractivity contribution in [3.05, 3.63) is 75.3 Å². The van der Waals surface area contributed by atoms with E-state index in [-0.39, 0.29) is 38.3 Å². The van der Waals surface area contributed by atoms with Crippen LogP contribution in [0, 0.1) is 11.3 Å². The molecule has 0 bridgehead atoms. The van der Waals surface area contributed by atoms with Gasteiger partial charge in [-0.1, -0.05) is 79.8 Å². The predicted molar refractivity (Wildman–Crippen MR) is 152 cm³/mol. The topological polar surface area (TPSA) is 102 Å². The molecule has 3 aliphatic rings. The van der Waals surface area contributed by atoms with Crippen LogP contribution in [0.25, 0.3) is 21.5 Å². The van der Waals surface area contributed by atoms with Gasteiger partial charge in [0.2, 0.25) is 0 Å². The van der Waals surface area contributed by atoms with Gasteiger partial charge in [0.05, 0.1) is 10.9 Å². The number of thioether (sulfide) groups is 1. The fraction of sp³-hybridized carbons (Fsp3) is 0.552. The van der Waals surface area contributed by atoms with Crippen molar-refractivity contribution >= 4 is 22.7 Å². The van der Waals surface area contributed by atoms with Crippen LogP contribution < -0.4 is 11.3 Å². The Morgan fingerprint density at radius 3 is 2.66 bits per heavy atom. The second-order valence-corrected chi connectivity index (χ2v) is 11.5. The number of pyridine rings is 1. The Morgan fingerprint density at radius 2 is 1.92 bits per heavy atom. The van der Waals surface area contributed by atoms with Gasteiger partial charge in [-0.3, -0.25) is 4.79 Å². The van der Waals surface area contributed by atoms with Crippen LogP contribution in [-0.4, -0.2) is 46.5 Å². The van der Waals surface area contributed by atoms with Crippen LogP contribution in [0.5, 0.6) is 0 Å². The molecular formula is C29H38N6OSY-2. The van der Waals surface area contributed by atoms with Gasteiger partial charge in [0, 0.05) is 57.7 Å². The maximum Gasteiger partial charge on any atom is 0.261 e. The summed E-state index contributed by atoms with van der Waals surface area (Å²) in [7, 11) is 0. The first-order valence-electron chi connectivity index (χ1n) is 13.6. The van der Waals surface area contributed by atoms with Crippen LogP contribution >= 0.6 is 11.8 Å². The molecule has 3 fully saturated rings. The van der Waals surface area contributed by atoms with E-state index in [1.54, 1.807) is 6.20 Å². The van der Waals surface area contributed by atoms with Gasteiger partial charge in [0.15, 0.2) is 5.16 Å². The number of nitrogens with two attached hydrogens (primary N) is 1. The summed E-state index contributed by atoms with van der Waals surface area (Å²) in [4.78, 5) is 21.6. The molecule has 2 aromatic heterocycles. The Balaban J connectivity index is 0.000000204. The summed E-state index contributed by atoms with van der Waals surface area (Å²) in [5.41, 5.74) is 8.32. The van der Waals surface area contributed by atoms with Crippen molar-refractivity contribution in [2.75, 3.05) is 25.9 Å². The summed E-state index contributed by atoms with van der Waals surface area (Å²) in [6.45, 7) is 3.64. The summed E-state index contributed by atoms with van der Waals surface area (Å²) < 4.78 is 1.88. The maximum atomic E-state index is 12.9. The van der Waals surface area contributed by atoms with Gasteiger partial charge in [-0.15, -0.1) is 25.7 Å². The average molecular weight is 608 g/mol. The van der Waals surface area contributed by atoms with E-state index in [1.807, 2.05) is 29.2 Å². The summed E-state index contributed by atoms with van der Waals surface area (Å²) in [6.07, 6.45) is 13.8. The molecule has 2 N–H and O–H groups in total. The van der Waals surface area contributed by atoms with E-state index in [2.05, 4.69) is 44.9 Å². The molecule has 38 heavy (non-hydrogen) atoms. The molecule has 1 saturated carbocycles. The zero-order valence-corrected chi connectivity index (χ0v) is 26.0. The summed E-state index contributed by atoms with van der Waals surface area (Å²) >= 11 is 1.49. The summed E-state index contributed by atoms with van der Waals surface area (Å²) in [5, 5.41) is 10.6. The van der Waals surface area contributed by atoms with E-state index in [0.29, 0.717) is 34.0 Å². The predicted octanol–water partition coefficient (Wildman–Crippen LogP) is 5.69. The molecule has 4 heterocycles. The van der Waals surface area contributed by atoms with E-state index in [0.717, 1.165) is 51.0 Å². The third-order valence-electron chi connectivity index (χ3n) is 8.39. The van der Waals surface area contributed by atoms with E-state index in [9.17, 15) is 4.79 Å². The van der Waals surface area contributed by atoms with Crippen molar-refractivity contribution in [1.82, 2.24) is 14.5 Å². The molecule has 3 aromatic rings. The Kier molecular flexibility index (Phi) is 10.9. The number of benzene rings is 1. The van der Waals surface area contributed by atoms with Gasteiger partial charge in [0.25, 0.3) is 5.56 Å². The van der Waals surface area contributed by atoms with Crippen LogP contribution in [0.3, 0.4) is 0 Å². The molecule has 1 aliphatic carbocycles. The number of piperidine rings is 2. The minimum Gasteiger partial charge on any atom is -0.662 e. The number of hydrogen-bond acceptors (Lipinski definition) is 5. The molecule has 0 amide bonds. The molecule has 2 aliphatic heterocycles. The number of hydrogen-bond donors (Lipinski definition) is 1. The minimum absolute atomic E-state index is 0. The SMILES string of the molecule is CSc1ncc2c(=O)n(CC3CC[N-]CC34CCCC4)ccc2n1.NC1CC[N-]C(c2ccccc2)C1.[Y]. The van der Waals surface area contributed by atoms with Crippen molar-refractivity contribution in [3.8, 4) is 0 Å². The van der Waals surface area contributed by atoms with Gasteiger partial charge in [-0.2, -0.15) is 0 Å². The normalized spacial score (nSPS) is 24.4. The Morgan fingerprint density at radius 1 is 1.13 bits per heavy atom. The molecule has 1 radical (unpaired) electrons. The first-order valence-corrected chi connectivity index (χ1v) is 14.8. The van der Waals surface area contributed by atoms with E-state index >= 15 is 0 Å². The Labute approximate surface area is 255 Å². The van der Waals surface area contributed by atoms with Gasteiger partial charge >= 0.3 is 0 Å². The van der Waals surface area contributed by atoms with Gasteiger partial charge in [-0.25, -0.2) is 9.97 Å². The van der Waals surface area contributed by atoms with Gasteiger partial charge < -0.3 is 20.9 Å². The molecular weight excluding hydrogens is 569 g/mol. The Bertz CT molecular complexity index is 1230. The smallest absolute Gasteiger partial charge is 0.261 e. The van der Waals surface area contributed by atoms with Crippen molar-refractivity contribution in [3.63, 3.8) is 0 Å². The second kappa shape index (κ2) is 14.0. The molecule has 3 unspecified atom stereocenters. The van der Waals surface area contributed by atoms with Gasteiger partial charge in [0.1, 0.15) is 0 Å². The monoisotopic (exact) mass is 607 g/mol. The number of aromatic nitrogens is 3. The van der Waals surface area contributed by atoms with E-state index < -0.39 is 0 Å². The van der Waals surface area contributed by atoms with Crippen LogP contribution in [0.1, 0.15) is 56.6 Å². The molecule has 7 nitrogen and oxygen atoms in total. The third kappa shape index (κ3) is 6.94. The number of fused-ring (bicyclic) bond motifs is 1. The standard InChI is InChI=1S/C18H23N4OS.C11H15N2.Y/c1-24-17-20-10-14-15(21-17)5-9-22(16(14)23)11-13-4-8-19-12-18(13)6-2-3-7-18;12-10-6-7-13-11(8-10)9-4-2-1-3-5-9;/h5,9-10,13H,2-4,6-8,11-12H2,1H3;1-5,10-11H,6-8,12H2;/q2*-1;. The largest absolute Gasteiger partial charge is 0.662 e. The summed E-state index contributed by atoms with van der Waals surface area (Å²) in [6, 6.07) is 13.0. The minimum atomic E-state index is 0. The van der Waals surface area contributed by atoms with Crippen molar-refractivity contribution in [2.45, 2.75) is 68.7 Å². The van der Waals surface area contributed by atoms with E-state index in [4.69, 9.17) is 5.73 Å². The molecule has 201 valence electrons. The summed E-state index contributed by atoms with van der Waals surface area (Å²) in [5.74, 6) is 0.555. The first kappa shape index (κ1) is 29.8. The fourth-order valence-corrected chi connectivity index (χ4v) is 6.59. The fourth-order valence-electron chi connectivity index (χ4n) is 6.24. The van der Waals surface area contributed by atoms with Crippen molar-refractivity contribution in [1.29, 1.82) is 0 Å². The van der Waals surface area contributed by atoms with Crippen LogP contribution in [0.2, 0.25) is 0 Å². The molecule has 2 saturated heterocycles. The Hall–Kier alpha value is -1.16. The molecule has 1 aromatic carbocycles. The first-order chi connectivity index (χ1) is 18.1. The molecule has 9 heteroatoms. The zero-order valence-electron chi connectivity index (χ0n) is 22.3. The molecule has 3 atom stereocenters. The second-order valence-electron chi connectivity index (χ2n) is 10.7. The van der Waals surface area contributed by atoms with Crippen molar-refractivity contribution < 1.29 is 32.7 Å². The van der Waals surface area contributed by atoms with Gasteiger partial charge in [-0.05, 0) is 36.5 Å². The third-order valence-corrected chi connectivity index (χ3v) is 8.95. The van der Waals surface area contributed by atoms with E-state index in [1.165, 1.54) is 43.0 Å². The zero-order chi connectivity index (χ0) is 25.7. The van der Waals surface area contributed by atoms with Crippen LogP contribution in [0.15, 0.2) is 58.7 Å². The number of rotatable bonds is 4. The maximum absolute atomic E-state index is 12.9. The van der Waals surface area contributed by atoms with Crippen molar-refractivity contribution in [2.24, 2.45) is 17.1 Å². The van der Waals surface area contributed by atoms with Crippen LogP contribution in [-0.2, 0) is 39.3 Å². The average Bonchev–Trinajstić information content (AvgIpc) is 3.41. The quantitative estimate of drug-likeness (QED) is 0.304. The number of nitrogens with zero attached hydrogens (tertiary/aromatic N) is 5. The van der Waals surface area contributed by atoms with Crippen LogP contribution in [0.4, 0.5) is 0 Å². The molecule has 1 spiro atoms.